The Labute approximate surface area is 188 Å². The Morgan fingerprint density at radius 3 is 1.09 bits per heavy atom. The van der Waals surface area contributed by atoms with Gasteiger partial charge in [-0.2, -0.15) is 0 Å². The molecule has 0 spiro atoms. The van der Waals surface area contributed by atoms with Crippen molar-refractivity contribution < 1.29 is 9.52 Å². The molecule has 2 heteroatoms. The van der Waals surface area contributed by atoms with Crippen LogP contribution in [0.25, 0.3) is 33.1 Å². The molecule has 32 heavy (non-hydrogen) atoms. The average molecular weight is 417 g/mol. The van der Waals surface area contributed by atoms with Crippen LogP contribution in [0.2, 0.25) is 0 Å². The van der Waals surface area contributed by atoms with E-state index >= 15 is 0 Å². The van der Waals surface area contributed by atoms with Gasteiger partial charge in [-0.25, -0.2) is 0 Å². The van der Waals surface area contributed by atoms with Gasteiger partial charge in [0.15, 0.2) is 0 Å². The number of hydrogen-bond acceptors (Lipinski definition) is 2. The highest BCUT2D eigenvalue weighted by molar-refractivity contribution is 6.04. The van der Waals surface area contributed by atoms with E-state index in [-0.39, 0.29) is 0 Å². The molecule has 0 fully saturated rings. The van der Waals surface area contributed by atoms with Crippen molar-refractivity contribution in [2.24, 2.45) is 0 Å². The minimum Gasteiger partial charge on any atom is -0.508 e. The predicted molar refractivity (Wildman–Crippen MR) is 134 cm³/mol. The summed E-state index contributed by atoms with van der Waals surface area (Å²) in [4.78, 5) is 0. The normalized spacial score (nSPS) is 10.0. The first kappa shape index (κ1) is 21.0. The van der Waals surface area contributed by atoms with E-state index in [0.717, 1.165) is 11.2 Å². The molecular formula is C30H24O2. The summed E-state index contributed by atoms with van der Waals surface area (Å²) < 4.78 is 5.65. The van der Waals surface area contributed by atoms with Gasteiger partial charge in [0.05, 0.1) is 0 Å². The Kier molecular flexibility index (Phi) is 6.97. The highest BCUT2D eigenvalue weighted by Gasteiger charge is 2.03. The molecule has 1 heterocycles. The Bertz CT molecular complexity index is 1270. The Morgan fingerprint density at radius 2 is 0.719 bits per heavy atom. The van der Waals surface area contributed by atoms with Gasteiger partial charge in [0.2, 0.25) is 0 Å². The monoisotopic (exact) mass is 416 g/mol. The van der Waals surface area contributed by atoms with Crippen molar-refractivity contribution in [3.8, 4) is 16.9 Å². The smallest absolute Gasteiger partial charge is 0.135 e. The zero-order chi connectivity index (χ0) is 22.0. The molecule has 2 nitrogen and oxygen atoms in total. The summed E-state index contributed by atoms with van der Waals surface area (Å²) in [6.07, 6.45) is 0. The summed E-state index contributed by atoms with van der Waals surface area (Å²) in [5, 5.41) is 11.0. The summed E-state index contributed by atoms with van der Waals surface area (Å²) >= 11 is 0. The summed E-state index contributed by atoms with van der Waals surface area (Å²) in [6, 6.07) is 45.7. The molecule has 6 rings (SSSR count). The fourth-order valence-corrected chi connectivity index (χ4v) is 3.36. The quantitative estimate of drug-likeness (QED) is 0.292. The van der Waals surface area contributed by atoms with Crippen LogP contribution >= 0.6 is 0 Å². The van der Waals surface area contributed by atoms with Gasteiger partial charge in [-0.05, 0) is 35.4 Å². The van der Waals surface area contributed by atoms with E-state index in [2.05, 4.69) is 60.7 Å². The Hall–Kier alpha value is -4.30. The standard InChI is InChI=1S/C12H8O.C12H10.C6H6O/c1-3-7-11-9(5-1)10-6-2-4-8-12(10)13-11;1-3-7-11(8-4-1)12-9-5-2-6-10-12;7-6-4-2-1-3-5-6/h1-8H;1-10H;1-5,7H. The molecule has 6 aromatic rings. The van der Waals surface area contributed by atoms with Gasteiger partial charge >= 0.3 is 0 Å². The molecule has 0 radical (unpaired) electrons. The molecule has 0 aliphatic rings. The number of furan rings is 1. The molecule has 1 N–H and O–H groups in total. The van der Waals surface area contributed by atoms with Crippen molar-refractivity contribution >= 4 is 21.9 Å². The van der Waals surface area contributed by atoms with Crippen molar-refractivity contribution in [1.29, 1.82) is 0 Å². The lowest BCUT2D eigenvalue weighted by molar-refractivity contribution is 0.475. The van der Waals surface area contributed by atoms with Gasteiger partial charge in [-0.1, -0.05) is 115 Å². The van der Waals surface area contributed by atoms with E-state index in [9.17, 15) is 0 Å². The first-order chi connectivity index (χ1) is 15.8. The molecule has 0 saturated heterocycles. The number of fused-ring (bicyclic) bond motifs is 3. The zero-order valence-corrected chi connectivity index (χ0v) is 17.6. The van der Waals surface area contributed by atoms with E-state index in [1.807, 2.05) is 54.6 Å². The van der Waals surface area contributed by atoms with Gasteiger partial charge in [-0.15, -0.1) is 0 Å². The Balaban J connectivity index is 0.000000120. The molecule has 5 aromatic carbocycles. The number of phenols is 1. The molecule has 0 amide bonds. The van der Waals surface area contributed by atoms with Crippen LogP contribution in [-0.4, -0.2) is 5.11 Å². The van der Waals surface area contributed by atoms with E-state index in [4.69, 9.17) is 9.52 Å². The number of rotatable bonds is 1. The lowest BCUT2D eigenvalue weighted by Crippen LogP contribution is -1.73. The summed E-state index contributed by atoms with van der Waals surface area (Å²) in [5.41, 5.74) is 4.48. The van der Waals surface area contributed by atoms with Gasteiger partial charge < -0.3 is 9.52 Å². The van der Waals surface area contributed by atoms with Crippen molar-refractivity contribution in [1.82, 2.24) is 0 Å². The van der Waals surface area contributed by atoms with E-state index in [1.165, 1.54) is 21.9 Å². The lowest BCUT2D eigenvalue weighted by Gasteiger charge is -1.98. The maximum atomic E-state index is 8.63. The summed E-state index contributed by atoms with van der Waals surface area (Å²) in [5.74, 6) is 0.322. The van der Waals surface area contributed by atoms with Crippen LogP contribution in [0.15, 0.2) is 144 Å². The first-order valence-electron chi connectivity index (χ1n) is 10.5. The number of hydrogen-bond donors (Lipinski definition) is 1. The summed E-state index contributed by atoms with van der Waals surface area (Å²) in [7, 11) is 0. The second kappa shape index (κ2) is 10.6. The maximum absolute atomic E-state index is 8.63. The van der Waals surface area contributed by atoms with Crippen LogP contribution in [0.1, 0.15) is 0 Å². The molecule has 0 saturated carbocycles. The third-order valence-corrected chi connectivity index (χ3v) is 4.92. The predicted octanol–water partition coefficient (Wildman–Crippen LogP) is 8.33. The highest BCUT2D eigenvalue weighted by atomic mass is 16.3. The minimum atomic E-state index is 0.322. The van der Waals surface area contributed by atoms with E-state index in [1.54, 1.807) is 24.3 Å². The van der Waals surface area contributed by atoms with E-state index in [0.29, 0.717) is 5.75 Å². The molecule has 0 bridgehead atoms. The van der Waals surface area contributed by atoms with Gasteiger partial charge in [0.25, 0.3) is 0 Å². The molecule has 0 unspecified atom stereocenters. The average Bonchev–Trinajstić information content (AvgIpc) is 3.25. The van der Waals surface area contributed by atoms with Crippen LogP contribution < -0.4 is 0 Å². The molecular weight excluding hydrogens is 392 g/mol. The van der Waals surface area contributed by atoms with Crippen molar-refractivity contribution in [3.63, 3.8) is 0 Å². The SMILES string of the molecule is Oc1ccccc1.c1ccc(-c2ccccc2)cc1.c1ccc2c(c1)oc1ccccc12. The number of phenolic OH excluding ortho intramolecular Hbond substituents is 1. The first-order valence-corrected chi connectivity index (χ1v) is 10.5. The minimum absolute atomic E-state index is 0.322. The second-order valence-electron chi connectivity index (χ2n) is 7.16. The fraction of sp³-hybridized carbons (Fsp3) is 0. The van der Waals surface area contributed by atoms with E-state index < -0.39 is 0 Å². The van der Waals surface area contributed by atoms with Gasteiger partial charge in [0.1, 0.15) is 16.9 Å². The lowest BCUT2D eigenvalue weighted by atomic mass is 10.1. The molecule has 0 atom stereocenters. The third-order valence-electron chi connectivity index (χ3n) is 4.92. The third kappa shape index (κ3) is 5.44. The van der Waals surface area contributed by atoms with Crippen LogP contribution in [0.5, 0.6) is 5.75 Å². The molecule has 0 aliphatic carbocycles. The zero-order valence-electron chi connectivity index (χ0n) is 17.6. The maximum Gasteiger partial charge on any atom is 0.135 e. The number of benzene rings is 5. The van der Waals surface area contributed by atoms with Crippen LogP contribution in [0.3, 0.4) is 0 Å². The van der Waals surface area contributed by atoms with Crippen molar-refractivity contribution in [2.45, 2.75) is 0 Å². The molecule has 0 aliphatic heterocycles. The van der Waals surface area contributed by atoms with Crippen LogP contribution in [-0.2, 0) is 0 Å². The largest absolute Gasteiger partial charge is 0.508 e. The van der Waals surface area contributed by atoms with Gasteiger partial charge in [-0.3, -0.25) is 0 Å². The summed E-state index contributed by atoms with van der Waals surface area (Å²) in [6.45, 7) is 0. The second-order valence-corrected chi connectivity index (χ2v) is 7.16. The Morgan fingerprint density at radius 1 is 0.375 bits per heavy atom. The molecule has 1 aromatic heterocycles. The molecule has 156 valence electrons. The van der Waals surface area contributed by atoms with Crippen LogP contribution in [0.4, 0.5) is 0 Å². The van der Waals surface area contributed by atoms with Crippen molar-refractivity contribution in [3.05, 3.63) is 140 Å². The fourth-order valence-electron chi connectivity index (χ4n) is 3.36. The number of aromatic hydroxyl groups is 1. The number of para-hydroxylation sites is 3. The van der Waals surface area contributed by atoms with Gasteiger partial charge in [0, 0.05) is 10.8 Å². The van der Waals surface area contributed by atoms with Crippen molar-refractivity contribution in [2.75, 3.05) is 0 Å². The topological polar surface area (TPSA) is 33.4 Å². The highest BCUT2D eigenvalue weighted by Crippen LogP contribution is 2.27. The van der Waals surface area contributed by atoms with Crippen LogP contribution in [0, 0.1) is 0 Å².